The number of rotatable bonds is 5. The monoisotopic (exact) mass is 271 g/mol. The van der Waals surface area contributed by atoms with E-state index in [1.54, 1.807) is 11.3 Å². The van der Waals surface area contributed by atoms with Crippen molar-refractivity contribution in [2.45, 2.75) is 19.9 Å². The first-order valence-electron chi connectivity index (χ1n) is 5.30. The van der Waals surface area contributed by atoms with E-state index in [1.807, 2.05) is 17.5 Å². The summed E-state index contributed by atoms with van der Waals surface area (Å²) >= 11 is 2.68. The first-order chi connectivity index (χ1) is 8.00. The maximum absolute atomic E-state index is 11.7. The minimum absolute atomic E-state index is 0.0302. The zero-order chi connectivity index (χ0) is 12.8. The van der Waals surface area contributed by atoms with Crippen LogP contribution in [0.2, 0.25) is 0 Å². The van der Waals surface area contributed by atoms with E-state index in [9.17, 15) is 4.79 Å². The van der Waals surface area contributed by atoms with Crippen LogP contribution in [-0.2, 0) is 4.79 Å². The minimum atomic E-state index is -0.0858. The molecule has 4 nitrogen and oxygen atoms in total. The molecule has 4 N–H and O–H groups in total. The lowest BCUT2D eigenvalue weighted by Gasteiger charge is -2.21. The fourth-order valence-electron chi connectivity index (χ4n) is 1.39. The molecule has 0 aliphatic heterocycles. The number of nitrogens with one attached hydrogen (secondary N) is 2. The lowest BCUT2D eigenvalue weighted by molar-refractivity contribution is -0.119. The number of carbonyl (C=O) groups excluding carboxylic acids is 1. The SMILES string of the molecule is CC(C)C(NC(=O)CSC(=N)N)c1cccs1. The van der Waals surface area contributed by atoms with E-state index in [-0.39, 0.29) is 22.9 Å². The standard InChI is InChI=1S/C11H17N3OS2/c1-7(2)10(8-4-3-5-16-8)14-9(15)6-17-11(12)13/h3-5,7,10H,6H2,1-2H3,(H3,12,13)(H,14,15). The summed E-state index contributed by atoms with van der Waals surface area (Å²) in [7, 11) is 0. The lowest BCUT2D eigenvalue weighted by atomic mass is 10.0. The van der Waals surface area contributed by atoms with Gasteiger partial charge in [0.25, 0.3) is 0 Å². The molecule has 0 aromatic carbocycles. The summed E-state index contributed by atoms with van der Waals surface area (Å²) in [5.41, 5.74) is 5.19. The molecule has 6 heteroatoms. The van der Waals surface area contributed by atoms with Crippen molar-refractivity contribution in [3.05, 3.63) is 22.4 Å². The number of hydrogen-bond acceptors (Lipinski definition) is 4. The van der Waals surface area contributed by atoms with Crippen molar-refractivity contribution in [3.8, 4) is 0 Å². The summed E-state index contributed by atoms with van der Waals surface area (Å²) in [6.07, 6.45) is 0. The molecule has 0 saturated heterocycles. The summed E-state index contributed by atoms with van der Waals surface area (Å²) in [6.45, 7) is 4.14. The van der Waals surface area contributed by atoms with Gasteiger partial charge in [-0.05, 0) is 17.4 Å². The average molecular weight is 271 g/mol. The summed E-state index contributed by atoms with van der Waals surface area (Å²) in [5, 5.41) is 12.0. The van der Waals surface area contributed by atoms with Crippen LogP contribution in [0.15, 0.2) is 17.5 Å². The molecule has 0 bridgehead atoms. The third-order valence-electron chi connectivity index (χ3n) is 2.19. The number of amidine groups is 1. The van der Waals surface area contributed by atoms with Gasteiger partial charge in [-0.3, -0.25) is 10.2 Å². The van der Waals surface area contributed by atoms with Crippen LogP contribution in [0.4, 0.5) is 0 Å². The Balaban J connectivity index is 2.56. The molecule has 0 fully saturated rings. The maximum Gasteiger partial charge on any atom is 0.230 e. The molecule has 0 aliphatic rings. The van der Waals surface area contributed by atoms with Gasteiger partial charge in [0.2, 0.25) is 5.91 Å². The van der Waals surface area contributed by atoms with Crippen LogP contribution in [0.5, 0.6) is 0 Å². The van der Waals surface area contributed by atoms with Gasteiger partial charge in [-0.1, -0.05) is 31.7 Å². The molecule has 1 amide bonds. The van der Waals surface area contributed by atoms with Gasteiger partial charge in [-0.25, -0.2) is 0 Å². The molecule has 1 unspecified atom stereocenters. The Hall–Kier alpha value is -1.01. The van der Waals surface area contributed by atoms with Crippen LogP contribution < -0.4 is 11.1 Å². The van der Waals surface area contributed by atoms with Gasteiger partial charge in [0.05, 0.1) is 11.8 Å². The number of carbonyl (C=O) groups is 1. The van der Waals surface area contributed by atoms with E-state index in [0.717, 1.165) is 16.6 Å². The lowest BCUT2D eigenvalue weighted by Crippen LogP contribution is -2.33. The van der Waals surface area contributed by atoms with E-state index < -0.39 is 0 Å². The number of thiophene rings is 1. The second-order valence-corrected chi connectivity index (χ2v) is 5.95. The molecule has 1 rings (SSSR count). The molecule has 1 aromatic rings. The van der Waals surface area contributed by atoms with Crippen molar-refractivity contribution in [1.29, 1.82) is 5.41 Å². The van der Waals surface area contributed by atoms with Crippen molar-refractivity contribution in [2.75, 3.05) is 5.75 Å². The van der Waals surface area contributed by atoms with Crippen LogP contribution >= 0.6 is 23.1 Å². The highest BCUT2D eigenvalue weighted by molar-refractivity contribution is 8.14. The molecular formula is C11H17N3OS2. The third-order valence-corrected chi connectivity index (χ3v) is 3.86. The molecular weight excluding hydrogens is 254 g/mol. The topological polar surface area (TPSA) is 79.0 Å². The Morgan fingerprint density at radius 1 is 1.65 bits per heavy atom. The van der Waals surface area contributed by atoms with Gasteiger partial charge in [-0.2, -0.15) is 0 Å². The fraction of sp³-hybridized carbons (Fsp3) is 0.455. The Morgan fingerprint density at radius 2 is 2.35 bits per heavy atom. The normalized spacial score (nSPS) is 12.4. The van der Waals surface area contributed by atoms with Gasteiger partial charge in [0.15, 0.2) is 5.17 Å². The molecule has 1 atom stereocenters. The first-order valence-corrected chi connectivity index (χ1v) is 7.16. The molecule has 1 aromatic heterocycles. The second-order valence-electron chi connectivity index (χ2n) is 3.96. The van der Waals surface area contributed by atoms with E-state index in [4.69, 9.17) is 11.1 Å². The van der Waals surface area contributed by atoms with Gasteiger partial charge >= 0.3 is 0 Å². The highest BCUT2D eigenvalue weighted by atomic mass is 32.2. The largest absolute Gasteiger partial charge is 0.379 e. The summed E-state index contributed by atoms with van der Waals surface area (Å²) < 4.78 is 0. The molecule has 17 heavy (non-hydrogen) atoms. The van der Waals surface area contributed by atoms with Crippen LogP contribution in [-0.4, -0.2) is 16.8 Å². The van der Waals surface area contributed by atoms with E-state index in [2.05, 4.69) is 19.2 Å². The highest BCUT2D eigenvalue weighted by Crippen LogP contribution is 2.25. The van der Waals surface area contributed by atoms with Crippen LogP contribution in [0.25, 0.3) is 0 Å². The minimum Gasteiger partial charge on any atom is -0.379 e. The summed E-state index contributed by atoms with van der Waals surface area (Å²) in [4.78, 5) is 12.8. The number of hydrogen-bond donors (Lipinski definition) is 3. The predicted octanol–water partition coefficient (Wildman–Crippen LogP) is 2.19. The first kappa shape index (κ1) is 14.1. The van der Waals surface area contributed by atoms with Gasteiger partial charge in [-0.15, -0.1) is 11.3 Å². The zero-order valence-electron chi connectivity index (χ0n) is 9.90. The Kier molecular flexibility index (Phi) is 5.50. The third kappa shape index (κ3) is 4.79. The van der Waals surface area contributed by atoms with Crippen molar-refractivity contribution in [2.24, 2.45) is 11.7 Å². The number of thioether (sulfide) groups is 1. The fourth-order valence-corrected chi connectivity index (χ4v) is 2.71. The Labute approximate surface area is 109 Å². The molecule has 0 spiro atoms. The highest BCUT2D eigenvalue weighted by Gasteiger charge is 2.19. The molecule has 0 saturated carbocycles. The van der Waals surface area contributed by atoms with Crippen molar-refractivity contribution in [3.63, 3.8) is 0 Å². The average Bonchev–Trinajstić information content (AvgIpc) is 2.75. The van der Waals surface area contributed by atoms with E-state index in [1.165, 1.54) is 0 Å². The van der Waals surface area contributed by atoms with Gasteiger partial charge in [0.1, 0.15) is 0 Å². The smallest absolute Gasteiger partial charge is 0.230 e. The van der Waals surface area contributed by atoms with Crippen molar-refractivity contribution in [1.82, 2.24) is 5.32 Å². The quantitative estimate of drug-likeness (QED) is 0.567. The molecule has 94 valence electrons. The Morgan fingerprint density at radius 3 is 2.82 bits per heavy atom. The summed E-state index contributed by atoms with van der Waals surface area (Å²) in [6, 6.07) is 4.04. The number of amides is 1. The molecule has 1 heterocycles. The predicted molar refractivity (Wildman–Crippen MR) is 74.4 cm³/mol. The Bertz CT molecular complexity index is 376. The van der Waals surface area contributed by atoms with Gasteiger partial charge < -0.3 is 11.1 Å². The number of nitrogens with two attached hydrogens (primary N) is 1. The van der Waals surface area contributed by atoms with E-state index >= 15 is 0 Å². The van der Waals surface area contributed by atoms with Crippen LogP contribution in [0.3, 0.4) is 0 Å². The zero-order valence-corrected chi connectivity index (χ0v) is 11.5. The maximum atomic E-state index is 11.7. The molecule has 0 aliphatic carbocycles. The van der Waals surface area contributed by atoms with Crippen LogP contribution in [0, 0.1) is 11.3 Å². The van der Waals surface area contributed by atoms with Crippen molar-refractivity contribution >= 4 is 34.2 Å². The van der Waals surface area contributed by atoms with E-state index in [0.29, 0.717) is 5.92 Å². The van der Waals surface area contributed by atoms with Gasteiger partial charge in [0, 0.05) is 4.88 Å². The van der Waals surface area contributed by atoms with Crippen molar-refractivity contribution < 1.29 is 4.79 Å². The second kappa shape index (κ2) is 6.66. The molecule has 0 radical (unpaired) electrons. The van der Waals surface area contributed by atoms with Crippen LogP contribution in [0.1, 0.15) is 24.8 Å². The summed E-state index contributed by atoms with van der Waals surface area (Å²) in [5.74, 6) is 0.446.